The van der Waals surface area contributed by atoms with E-state index in [1.165, 1.54) is 11.8 Å². The van der Waals surface area contributed by atoms with Crippen LogP contribution in [0.2, 0.25) is 0 Å². The van der Waals surface area contributed by atoms with Crippen molar-refractivity contribution in [2.45, 2.75) is 49.8 Å². The molecular weight excluding hydrogens is 731 g/mol. The summed E-state index contributed by atoms with van der Waals surface area (Å²) in [5.74, 6) is 1.34. The Labute approximate surface area is 336 Å². The third-order valence-electron chi connectivity index (χ3n) is 9.94. The lowest BCUT2D eigenvalue weighted by atomic mass is 9.98. The number of nitrogens with zero attached hydrogens (tertiary/aromatic N) is 1. The van der Waals surface area contributed by atoms with Gasteiger partial charge in [0.1, 0.15) is 5.69 Å². The van der Waals surface area contributed by atoms with Gasteiger partial charge in [-0.1, -0.05) is 176 Å². The van der Waals surface area contributed by atoms with E-state index in [-0.39, 0.29) is 24.8 Å². The lowest BCUT2D eigenvalue weighted by Gasteiger charge is -2.36. The molecule has 2 amide bonds. The van der Waals surface area contributed by atoms with Gasteiger partial charge in [-0.05, 0) is 33.4 Å². The molecular formula is C48H43N3O5S. The van der Waals surface area contributed by atoms with E-state index in [1.807, 2.05) is 146 Å². The first-order chi connectivity index (χ1) is 28.1. The summed E-state index contributed by atoms with van der Waals surface area (Å²) in [4.78, 5) is 17.6. The third kappa shape index (κ3) is 9.53. The highest BCUT2D eigenvalue weighted by Gasteiger charge is 2.33. The fourth-order valence-corrected chi connectivity index (χ4v) is 7.76. The van der Waals surface area contributed by atoms with Crippen LogP contribution in [0.4, 0.5) is 4.79 Å². The number of amides is 2. The van der Waals surface area contributed by atoms with E-state index in [0.29, 0.717) is 30.5 Å². The van der Waals surface area contributed by atoms with E-state index in [0.717, 1.165) is 61.5 Å². The molecule has 1 aromatic heterocycles. The Balaban J connectivity index is 0.985. The Morgan fingerprint density at radius 1 is 0.649 bits per heavy atom. The number of hydrogen-bond donors (Lipinski definition) is 3. The fourth-order valence-electron chi connectivity index (χ4n) is 6.92. The molecule has 6 aromatic carbocycles. The first-order valence-corrected chi connectivity index (χ1v) is 20.1. The molecule has 7 aromatic rings. The number of carbonyl (C=O) groups is 1. The van der Waals surface area contributed by atoms with Gasteiger partial charge in [-0.15, -0.1) is 0 Å². The summed E-state index contributed by atoms with van der Waals surface area (Å²) in [5.41, 5.74) is 9.64. The standard InChI is InChI=1S/C48H43N3O5S/c52-31-34-20-22-36(23-21-34)43-28-41(32-57-48-51-44(37-14-6-2-7-15-37)45(56-48)38-16-8-3-9-17-38)54-46(55-43)39-26-24-35(25-27-39)42-19-11-10-18-40(42)30-50-47(53)49-29-33-12-4-1-5-13-33/h1-27,41,43,46,52H,28-32H2,(H2,49,50,53)/t41-,43+,46+/m1/s1. The maximum atomic E-state index is 12.6. The number of thioether (sulfide) groups is 1. The van der Waals surface area contributed by atoms with Crippen molar-refractivity contribution in [3.63, 3.8) is 0 Å². The van der Waals surface area contributed by atoms with Crippen molar-refractivity contribution < 1.29 is 23.8 Å². The maximum Gasteiger partial charge on any atom is 0.315 e. The number of urea groups is 1. The van der Waals surface area contributed by atoms with Crippen LogP contribution in [0.25, 0.3) is 33.7 Å². The van der Waals surface area contributed by atoms with Gasteiger partial charge in [0.2, 0.25) is 0 Å². The van der Waals surface area contributed by atoms with Gasteiger partial charge in [0.05, 0.1) is 18.8 Å². The molecule has 1 aliphatic rings. The molecule has 1 fully saturated rings. The summed E-state index contributed by atoms with van der Waals surface area (Å²) in [7, 11) is 0. The monoisotopic (exact) mass is 773 g/mol. The van der Waals surface area contributed by atoms with E-state index in [1.54, 1.807) is 0 Å². The van der Waals surface area contributed by atoms with Crippen molar-refractivity contribution in [2.24, 2.45) is 0 Å². The summed E-state index contributed by atoms with van der Waals surface area (Å²) in [6, 6.07) is 54.0. The van der Waals surface area contributed by atoms with Gasteiger partial charge in [0.25, 0.3) is 5.22 Å². The predicted octanol–water partition coefficient (Wildman–Crippen LogP) is 10.5. The highest BCUT2D eigenvalue weighted by atomic mass is 32.2. The summed E-state index contributed by atoms with van der Waals surface area (Å²) < 4.78 is 19.8. The van der Waals surface area contributed by atoms with Crippen LogP contribution in [0, 0.1) is 0 Å². The Morgan fingerprint density at radius 2 is 1.28 bits per heavy atom. The Hall–Kier alpha value is -5.97. The van der Waals surface area contributed by atoms with Gasteiger partial charge in [-0.2, -0.15) is 0 Å². The van der Waals surface area contributed by atoms with E-state index < -0.39 is 6.29 Å². The van der Waals surface area contributed by atoms with Crippen LogP contribution in [0.3, 0.4) is 0 Å². The molecule has 0 saturated carbocycles. The summed E-state index contributed by atoms with van der Waals surface area (Å²) in [6.07, 6.45) is -0.388. The van der Waals surface area contributed by atoms with Crippen molar-refractivity contribution in [3.8, 4) is 33.7 Å². The highest BCUT2D eigenvalue weighted by Crippen LogP contribution is 2.41. The number of aliphatic hydroxyl groups is 1. The zero-order valence-corrected chi connectivity index (χ0v) is 32.1. The Kier molecular flexibility index (Phi) is 12.2. The molecule has 57 heavy (non-hydrogen) atoms. The minimum Gasteiger partial charge on any atom is -0.431 e. The lowest BCUT2D eigenvalue weighted by Crippen LogP contribution is -2.34. The van der Waals surface area contributed by atoms with E-state index in [9.17, 15) is 9.90 Å². The first kappa shape index (κ1) is 37.9. The average molecular weight is 774 g/mol. The molecule has 2 heterocycles. The number of oxazole rings is 1. The third-order valence-corrected chi connectivity index (χ3v) is 10.9. The number of rotatable bonds is 13. The molecule has 0 unspecified atom stereocenters. The normalized spacial score (nSPS) is 16.5. The lowest BCUT2D eigenvalue weighted by molar-refractivity contribution is -0.245. The number of aromatic nitrogens is 1. The van der Waals surface area contributed by atoms with E-state index >= 15 is 0 Å². The van der Waals surface area contributed by atoms with Crippen LogP contribution >= 0.6 is 11.8 Å². The zero-order valence-electron chi connectivity index (χ0n) is 31.3. The van der Waals surface area contributed by atoms with Gasteiger partial charge in [0.15, 0.2) is 12.1 Å². The van der Waals surface area contributed by atoms with Gasteiger partial charge in [0, 0.05) is 42.0 Å². The number of nitrogens with one attached hydrogen (secondary N) is 2. The Morgan fingerprint density at radius 3 is 2.00 bits per heavy atom. The van der Waals surface area contributed by atoms with Crippen molar-refractivity contribution in [1.29, 1.82) is 0 Å². The van der Waals surface area contributed by atoms with Gasteiger partial charge < -0.3 is 29.6 Å². The number of benzene rings is 6. The van der Waals surface area contributed by atoms with Crippen molar-refractivity contribution >= 4 is 17.8 Å². The minimum absolute atomic E-state index is 0.0180. The molecule has 9 heteroatoms. The topological polar surface area (TPSA) is 106 Å². The quantitative estimate of drug-likeness (QED) is 0.100. The predicted molar refractivity (Wildman–Crippen MR) is 224 cm³/mol. The highest BCUT2D eigenvalue weighted by molar-refractivity contribution is 7.99. The molecule has 8 nitrogen and oxygen atoms in total. The molecule has 1 saturated heterocycles. The largest absolute Gasteiger partial charge is 0.431 e. The van der Waals surface area contributed by atoms with Crippen molar-refractivity contribution in [1.82, 2.24) is 15.6 Å². The van der Waals surface area contributed by atoms with Gasteiger partial charge in [-0.25, -0.2) is 9.78 Å². The second-order valence-corrected chi connectivity index (χ2v) is 14.8. The SMILES string of the molecule is O=C(NCc1ccccc1)NCc1ccccc1-c1ccc([C@H]2O[C@@H](CSc3nc(-c4ccccc4)c(-c4ccccc4)o3)C[C@@H](c3ccc(CO)cc3)O2)cc1. The summed E-state index contributed by atoms with van der Waals surface area (Å²) in [6.45, 7) is 0.823. The maximum absolute atomic E-state index is 12.6. The summed E-state index contributed by atoms with van der Waals surface area (Å²) >= 11 is 1.54. The second kappa shape index (κ2) is 18.3. The Bertz CT molecular complexity index is 2300. The molecule has 0 spiro atoms. The zero-order chi connectivity index (χ0) is 38.8. The van der Waals surface area contributed by atoms with Crippen LogP contribution in [-0.4, -0.2) is 28.0 Å². The second-order valence-electron chi connectivity index (χ2n) is 13.9. The number of ether oxygens (including phenoxy) is 2. The molecule has 0 bridgehead atoms. The smallest absolute Gasteiger partial charge is 0.315 e. The van der Waals surface area contributed by atoms with Crippen LogP contribution in [0.1, 0.15) is 46.6 Å². The van der Waals surface area contributed by atoms with Gasteiger partial charge in [-0.3, -0.25) is 0 Å². The van der Waals surface area contributed by atoms with E-state index in [4.69, 9.17) is 18.9 Å². The summed E-state index contributed by atoms with van der Waals surface area (Å²) in [5, 5.41) is 16.2. The van der Waals surface area contributed by atoms with Crippen molar-refractivity contribution in [2.75, 3.05) is 5.75 Å². The molecule has 0 radical (unpaired) electrons. The van der Waals surface area contributed by atoms with Crippen molar-refractivity contribution in [3.05, 3.63) is 192 Å². The van der Waals surface area contributed by atoms with E-state index in [2.05, 4.69) is 28.8 Å². The molecule has 8 rings (SSSR count). The van der Waals surface area contributed by atoms with Crippen LogP contribution in [0.5, 0.6) is 0 Å². The first-order valence-electron chi connectivity index (χ1n) is 19.1. The van der Waals surface area contributed by atoms with Crippen LogP contribution in [0.15, 0.2) is 173 Å². The molecule has 0 aliphatic carbocycles. The molecule has 3 atom stereocenters. The number of aliphatic hydroxyl groups excluding tert-OH is 1. The molecule has 286 valence electrons. The minimum atomic E-state index is -0.615. The van der Waals surface area contributed by atoms with Crippen LogP contribution < -0.4 is 10.6 Å². The molecule has 3 N–H and O–H groups in total. The molecule has 1 aliphatic heterocycles. The fraction of sp³-hybridized carbons (Fsp3) is 0.167. The average Bonchev–Trinajstić information content (AvgIpc) is 3.72. The number of carbonyl (C=O) groups excluding carboxylic acids is 1. The van der Waals surface area contributed by atoms with Crippen LogP contribution in [-0.2, 0) is 29.2 Å². The number of hydrogen-bond acceptors (Lipinski definition) is 7. The van der Waals surface area contributed by atoms with Gasteiger partial charge >= 0.3 is 6.03 Å².